The Morgan fingerprint density at radius 2 is 1.24 bits per heavy atom. The van der Waals surface area contributed by atoms with E-state index in [0.29, 0.717) is 36.5 Å². The highest BCUT2D eigenvalue weighted by Crippen LogP contribution is 2.23. The molecule has 0 aliphatic heterocycles. The molecular weight excluding hydrogens is 472 g/mol. The smallest absolute Gasteiger partial charge is 0.343 e. The maximum Gasteiger partial charge on any atom is 0.343 e. The van der Waals surface area contributed by atoms with Crippen LogP contribution < -0.4 is 9.47 Å². The number of carbonyl (C=O) groups excluding carboxylic acids is 3. The number of rotatable bonds is 14. The van der Waals surface area contributed by atoms with Crippen LogP contribution in [0.3, 0.4) is 0 Å². The Hall–Kier alpha value is -3.87. The summed E-state index contributed by atoms with van der Waals surface area (Å²) in [5.41, 5.74) is 0.816. The summed E-state index contributed by atoms with van der Waals surface area (Å²) in [7, 11) is 1.31. The van der Waals surface area contributed by atoms with Crippen molar-refractivity contribution < 1.29 is 33.3 Å². The number of carbonyl (C=O) groups is 3. The van der Waals surface area contributed by atoms with Gasteiger partial charge in [-0.1, -0.05) is 44.7 Å². The molecule has 0 unspecified atom stereocenters. The van der Waals surface area contributed by atoms with Gasteiger partial charge in [0.05, 0.1) is 31.5 Å². The fraction of sp³-hybridized carbons (Fsp3) is 0.367. The standard InChI is InChI=1S/C30H34O7/c1-3-28(31)36-19-9-7-5-4-6-8-18-35-27-17-14-23-20-25(11-10-24(23)21-27)30(33)37-26-15-12-22(13-16-26)29(32)34-2/h10-17,20-21H,3-9,18-19H2,1-2H3. The summed E-state index contributed by atoms with van der Waals surface area (Å²) in [4.78, 5) is 35.2. The number of methoxy groups -OCH3 is 1. The lowest BCUT2D eigenvalue weighted by Crippen LogP contribution is -2.08. The molecule has 0 bridgehead atoms. The SMILES string of the molecule is CCC(=O)OCCCCCCCCOc1ccc2cc(C(=O)Oc3ccc(C(=O)OC)cc3)ccc2c1. The minimum absolute atomic E-state index is 0.130. The molecule has 0 atom stereocenters. The molecule has 0 spiro atoms. The van der Waals surface area contributed by atoms with E-state index in [1.807, 2.05) is 24.3 Å². The van der Waals surface area contributed by atoms with Crippen LogP contribution in [0.1, 0.15) is 72.6 Å². The molecule has 0 fully saturated rings. The van der Waals surface area contributed by atoms with Gasteiger partial charge in [0, 0.05) is 6.42 Å². The quantitative estimate of drug-likeness (QED) is 0.140. The average Bonchev–Trinajstić information content (AvgIpc) is 2.93. The van der Waals surface area contributed by atoms with E-state index in [2.05, 4.69) is 4.74 Å². The maximum atomic E-state index is 12.6. The number of fused-ring (bicyclic) bond motifs is 1. The fourth-order valence-corrected chi connectivity index (χ4v) is 3.77. The topological polar surface area (TPSA) is 88.1 Å². The Labute approximate surface area is 217 Å². The molecule has 0 N–H and O–H groups in total. The number of hydrogen-bond donors (Lipinski definition) is 0. The van der Waals surface area contributed by atoms with Gasteiger partial charge in [0.2, 0.25) is 0 Å². The van der Waals surface area contributed by atoms with Crippen molar-refractivity contribution in [2.24, 2.45) is 0 Å². The molecule has 0 heterocycles. The van der Waals surface area contributed by atoms with Crippen LogP contribution in [0.2, 0.25) is 0 Å². The summed E-state index contributed by atoms with van der Waals surface area (Å²) in [6.45, 7) is 2.97. The van der Waals surface area contributed by atoms with Crippen LogP contribution in [-0.2, 0) is 14.3 Å². The Bertz CT molecular complexity index is 1180. The lowest BCUT2D eigenvalue weighted by molar-refractivity contribution is -0.143. The molecule has 0 radical (unpaired) electrons. The minimum atomic E-state index is -0.477. The van der Waals surface area contributed by atoms with Gasteiger partial charge in [0.15, 0.2) is 0 Å². The maximum absolute atomic E-state index is 12.6. The Balaban J connectivity index is 1.40. The third-order valence-corrected chi connectivity index (χ3v) is 5.89. The highest BCUT2D eigenvalue weighted by atomic mass is 16.5. The highest BCUT2D eigenvalue weighted by molar-refractivity contribution is 5.97. The van der Waals surface area contributed by atoms with Gasteiger partial charge in [-0.05, 0) is 72.1 Å². The van der Waals surface area contributed by atoms with Crippen molar-refractivity contribution in [3.05, 3.63) is 71.8 Å². The Morgan fingerprint density at radius 3 is 1.95 bits per heavy atom. The van der Waals surface area contributed by atoms with Crippen LogP contribution in [0.4, 0.5) is 0 Å². The number of benzene rings is 3. The predicted molar refractivity (Wildman–Crippen MR) is 141 cm³/mol. The fourth-order valence-electron chi connectivity index (χ4n) is 3.77. The van der Waals surface area contributed by atoms with E-state index in [-0.39, 0.29) is 5.97 Å². The number of unbranched alkanes of at least 4 members (excludes halogenated alkanes) is 5. The Kier molecular flexibility index (Phi) is 11.0. The van der Waals surface area contributed by atoms with Gasteiger partial charge < -0.3 is 18.9 Å². The van der Waals surface area contributed by atoms with E-state index in [1.54, 1.807) is 43.3 Å². The first-order valence-corrected chi connectivity index (χ1v) is 12.7. The van der Waals surface area contributed by atoms with Gasteiger partial charge in [-0.2, -0.15) is 0 Å². The largest absolute Gasteiger partial charge is 0.494 e. The van der Waals surface area contributed by atoms with Crippen molar-refractivity contribution in [1.29, 1.82) is 0 Å². The van der Waals surface area contributed by atoms with Crippen molar-refractivity contribution in [2.75, 3.05) is 20.3 Å². The molecule has 37 heavy (non-hydrogen) atoms. The van der Waals surface area contributed by atoms with Crippen molar-refractivity contribution in [2.45, 2.75) is 51.9 Å². The van der Waals surface area contributed by atoms with E-state index in [1.165, 1.54) is 7.11 Å². The second-order valence-electron chi connectivity index (χ2n) is 8.67. The summed E-state index contributed by atoms with van der Waals surface area (Å²) in [6.07, 6.45) is 6.76. The summed E-state index contributed by atoms with van der Waals surface area (Å²) in [5.74, 6) is 0.0884. The van der Waals surface area contributed by atoms with Gasteiger partial charge in [-0.3, -0.25) is 4.79 Å². The van der Waals surface area contributed by atoms with E-state index in [4.69, 9.17) is 14.2 Å². The second kappa shape index (κ2) is 14.6. The first-order chi connectivity index (χ1) is 18.0. The van der Waals surface area contributed by atoms with Crippen LogP contribution in [0.15, 0.2) is 60.7 Å². The summed E-state index contributed by atoms with van der Waals surface area (Å²) in [6, 6.07) is 17.4. The van der Waals surface area contributed by atoms with Gasteiger partial charge in [0.25, 0.3) is 0 Å². The molecule has 0 aliphatic carbocycles. The van der Waals surface area contributed by atoms with Gasteiger partial charge in [-0.25, -0.2) is 9.59 Å². The molecule has 196 valence electrons. The van der Waals surface area contributed by atoms with Crippen molar-refractivity contribution in [1.82, 2.24) is 0 Å². The first kappa shape index (κ1) is 27.7. The molecule has 3 aromatic carbocycles. The van der Waals surface area contributed by atoms with Crippen LogP contribution in [-0.4, -0.2) is 38.2 Å². The summed E-state index contributed by atoms with van der Waals surface area (Å²) >= 11 is 0. The first-order valence-electron chi connectivity index (χ1n) is 12.7. The summed E-state index contributed by atoms with van der Waals surface area (Å²) in [5, 5.41) is 1.88. The zero-order chi connectivity index (χ0) is 26.5. The Morgan fingerprint density at radius 1 is 0.649 bits per heavy atom. The third-order valence-electron chi connectivity index (χ3n) is 5.89. The van der Waals surface area contributed by atoms with Crippen molar-refractivity contribution in [3.8, 4) is 11.5 Å². The van der Waals surface area contributed by atoms with Gasteiger partial charge in [-0.15, -0.1) is 0 Å². The third kappa shape index (κ3) is 8.94. The molecule has 3 aromatic rings. The van der Waals surface area contributed by atoms with Crippen LogP contribution >= 0.6 is 0 Å². The molecule has 0 aliphatic rings. The molecule has 0 amide bonds. The van der Waals surface area contributed by atoms with Crippen LogP contribution in [0, 0.1) is 0 Å². The minimum Gasteiger partial charge on any atom is -0.494 e. The lowest BCUT2D eigenvalue weighted by atomic mass is 10.1. The molecular formula is C30H34O7. The molecule has 0 saturated heterocycles. The predicted octanol–water partition coefficient (Wildman–Crippen LogP) is 6.52. The number of esters is 3. The molecule has 7 heteroatoms. The van der Waals surface area contributed by atoms with Crippen molar-refractivity contribution in [3.63, 3.8) is 0 Å². The van der Waals surface area contributed by atoms with E-state index < -0.39 is 11.9 Å². The second-order valence-corrected chi connectivity index (χ2v) is 8.67. The van der Waals surface area contributed by atoms with E-state index in [9.17, 15) is 14.4 Å². The van der Waals surface area contributed by atoms with E-state index >= 15 is 0 Å². The normalized spacial score (nSPS) is 10.6. The number of ether oxygens (including phenoxy) is 4. The van der Waals surface area contributed by atoms with Gasteiger partial charge >= 0.3 is 17.9 Å². The highest BCUT2D eigenvalue weighted by Gasteiger charge is 2.11. The van der Waals surface area contributed by atoms with Crippen LogP contribution in [0.25, 0.3) is 10.8 Å². The molecule has 7 nitrogen and oxygen atoms in total. The molecule has 3 rings (SSSR count). The molecule has 0 saturated carbocycles. The number of hydrogen-bond acceptors (Lipinski definition) is 7. The monoisotopic (exact) mass is 506 g/mol. The van der Waals surface area contributed by atoms with Crippen molar-refractivity contribution >= 4 is 28.7 Å². The lowest BCUT2D eigenvalue weighted by Gasteiger charge is -2.09. The van der Waals surface area contributed by atoms with E-state index in [0.717, 1.165) is 55.0 Å². The average molecular weight is 507 g/mol. The van der Waals surface area contributed by atoms with Crippen LogP contribution in [0.5, 0.6) is 11.5 Å². The van der Waals surface area contributed by atoms with Gasteiger partial charge in [0.1, 0.15) is 11.5 Å². The summed E-state index contributed by atoms with van der Waals surface area (Å²) < 4.78 is 21.1. The zero-order valence-electron chi connectivity index (χ0n) is 21.5. The zero-order valence-corrected chi connectivity index (χ0v) is 21.5. The molecule has 0 aromatic heterocycles.